The van der Waals surface area contributed by atoms with Crippen LogP contribution >= 0.6 is 0 Å². The Morgan fingerprint density at radius 1 is 1.64 bits per heavy atom. The van der Waals surface area contributed by atoms with Crippen molar-refractivity contribution in [1.82, 2.24) is 4.90 Å². The number of aliphatic carboxylic acids is 1. The molecule has 1 atom stereocenters. The maximum absolute atomic E-state index is 10.5. The van der Waals surface area contributed by atoms with Crippen LogP contribution in [0, 0.1) is 5.92 Å². The molecule has 1 rings (SSSR count). The number of hydrogen-bond donors (Lipinski definition) is 1. The van der Waals surface area contributed by atoms with Crippen LogP contribution in [0.4, 0.5) is 0 Å². The Morgan fingerprint density at radius 2 is 2.43 bits per heavy atom. The molecule has 1 fully saturated rings. The lowest BCUT2D eigenvalue weighted by Gasteiger charge is -2.14. The van der Waals surface area contributed by atoms with E-state index < -0.39 is 5.97 Å². The molecule has 0 saturated carbocycles. The molecule has 3 heteroatoms. The normalized spacial score (nSPS) is 22.4. The topological polar surface area (TPSA) is 40.5 Å². The molecule has 0 radical (unpaired) electrons. The van der Waals surface area contributed by atoms with E-state index in [1.165, 1.54) is 0 Å². The molecule has 0 spiro atoms. The van der Waals surface area contributed by atoms with E-state index in [0.29, 0.717) is 12.3 Å². The molecule has 0 bridgehead atoms. The fourth-order valence-electron chi connectivity index (χ4n) is 1.99. The highest BCUT2D eigenvalue weighted by Crippen LogP contribution is 2.19. The summed E-state index contributed by atoms with van der Waals surface area (Å²) in [6, 6.07) is 0. The molecule has 1 aliphatic heterocycles. The van der Waals surface area contributed by atoms with Crippen molar-refractivity contribution in [2.45, 2.75) is 25.7 Å². The summed E-state index contributed by atoms with van der Waals surface area (Å²) in [5, 5.41) is 8.64. The van der Waals surface area contributed by atoms with Gasteiger partial charge in [-0.25, -0.2) is 0 Å². The van der Waals surface area contributed by atoms with Gasteiger partial charge in [-0.05, 0) is 38.3 Å². The van der Waals surface area contributed by atoms with Crippen molar-refractivity contribution in [3.05, 3.63) is 12.7 Å². The maximum Gasteiger partial charge on any atom is 0.303 e. The van der Waals surface area contributed by atoms with Gasteiger partial charge in [-0.15, -0.1) is 6.58 Å². The minimum absolute atomic E-state index is 0.331. The van der Waals surface area contributed by atoms with Crippen molar-refractivity contribution in [3.8, 4) is 0 Å². The van der Waals surface area contributed by atoms with Crippen LogP contribution in [-0.2, 0) is 4.79 Å². The number of nitrogens with zero attached hydrogens (tertiary/aromatic N) is 1. The lowest BCUT2D eigenvalue weighted by Crippen LogP contribution is -2.22. The van der Waals surface area contributed by atoms with Gasteiger partial charge in [0.15, 0.2) is 0 Å². The predicted molar refractivity (Wildman–Crippen MR) is 56.2 cm³/mol. The third-order valence-electron chi connectivity index (χ3n) is 2.72. The zero-order valence-corrected chi connectivity index (χ0v) is 8.61. The Bertz CT molecular complexity index is 203. The lowest BCUT2D eigenvalue weighted by atomic mass is 10.1. The second-order valence-corrected chi connectivity index (χ2v) is 3.98. The Kier molecular flexibility index (Phi) is 4.66. The number of unbranched alkanes of at least 4 members (excludes halogenated alkanes) is 1. The highest BCUT2D eigenvalue weighted by Gasteiger charge is 2.23. The molecule has 0 aliphatic carbocycles. The molecule has 1 N–H and O–H groups in total. The van der Waals surface area contributed by atoms with Crippen molar-refractivity contribution in [2.24, 2.45) is 5.92 Å². The molecule has 14 heavy (non-hydrogen) atoms. The maximum atomic E-state index is 10.5. The summed E-state index contributed by atoms with van der Waals surface area (Å²) < 4.78 is 0. The average molecular weight is 197 g/mol. The molecule has 1 heterocycles. The molecular weight excluding hydrogens is 178 g/mol. The average Bonchev–Trinajstić information content (AvgIpc) is 2.52. The van der Waals surface area contributed by atoms with Gasteiger partial charge in [-0.2, -0.15) is 0 Å². The highest BCUT2D eigenvalue weighted by atomic mass is 16.4. The number of carboxylic acid groups (broad SMARTS) is 1. The van der Waals surface area contributed by atoms with Gasteiger partial charge >= 0.3 is 5.97 Å². The smallest absolute Gasteiger partial charge is 0.303 e. The van der Waals surface area contributed by atoms with E-state index in [9.17, 15) is 4.79 Å². The van der Waals surface area contributed by atoms with E-state index >= 15 is 0 Å². The second-order valence-electron chi connectivity index (χ2n) is 3.98. The van der Waals surface area contributed by atoms with Crippen LogP contribution in [0.2, 0.25) is 0 Å². The Labute approximate surface area is 85.4 Å². The summed E-state index contributed by atoms with van der Waals surface area (Å²) in [5.41, 5.74) is 0. The lowest BCUT2D eigenvalue weighted by molar-refractivity contribution is -0.138. The molecular formula is C11H19NO2. The quantitative estimate of drug-likeness (QED) is 0.521. The third kappa shape index (κ3) is 3.92. The monoisotopic (exact) mass is 197 g/mol. The minimum Gasteiger partial charge on any atom is -0.481 e. The second kappa shape index (κ2) is 5.81. The standard InChI is InChI=1S/C11H19NO2/c1-2-3-4-6-12-7-5-10(9-12)8-11(13)14/h2,10H,1,3-9H2,(H,13,14). The van der Waals surface area contributed by atoms with E-state index in [4.69, 9.17) is 5.11 Å². The number of carboxylic acids is 1. The number of allylic oxidation sites excluding steroid dienone is 1. The van der Waals surface area contributed by atoms with Gasteiger partial charge in [0.1, 0.15) is 0 Å². The third-order valence-corrected chi connectivity index (χ3v) is 2.72. The summed E-state index contributed by atoms with van der Waals surface area (Å²) in [5.74, 6) is -0.292. The van der Waals surface area contributed by atoms with E-state index in [1.54, 1.807) is 0 Å². The van der Waals surface area contributed by atoms with Crippen molar-refractivity contribution < 1.29 is 9.90 Å². The molecule has 3 nitrogen and oxygen atoms in total. The number of hydrogen-bond acceptors (Lipinski definition) is 2. The summed E-state index contributed by atoms with van der Waals surface area (Å²) >= 11 is 0. The first kappa shape index (κ1) is 11.2. The predicted octanol–water partition coefficient (Wildman–Crippen LogP) is 1.75. The number of rotatable bonds is 6. The first-order chi connectivity index (χ1) is 6.72. The molecule has 1 unspecified atom stereocenters. The van der Waals surface area contributed by atoms with Crippen LogP contribution in [-0.4, -0.2) is 35.6 Å². The molecule has 1 saturated heterocycles. The minimum atomic E-state index is -0.664. The van der Waals surface area contributed by atoms with Crippen molar-refractivity contribution >= 4 is 5.97 Å². The number of likely N-dealkylation sites (tertiary alicyclic amines) is 1. The summed E-state index contributed by atoms with van der Waals surface area (Å²) in [7, 11) is 0. The largest absolute Gasteiger partial charge is 0.481 e. The van der Waals surface area contributed by atoms with Gasteiger partial charge in [0, 0.05) is 13.0 Å². The first-order valence-corrected chi connectivity index (χ1v) is 5.27. The summed E-state index contributed by atoms with van der Waals surface area (Å²) in [6.45, 7) is 6.79. The molecule has 0 aromatic rings. The fourth-order valence-corrected chi connectivity index (χ4v) is 1.99. The van der Waals surface area contributed by atoms with Crippen LogP contribution in [0.3, 0.4) is 0 Å². The Balaban J connectivity index is 2.13. The Hall–Kier alpha value is -0.830. The van der Waals surface area contributed by atoms with Gasteiger partial charge in [0.25, 0.3) is 0 Å². The molecule has 1 aliphatic rings. The SMILES string of the molecule is C=CCCCN1CCC(CC(=O)O)C1. The van der Waals surface area contributed by atoms with E-state index in [2.05, 4.69) is 11.5 Å². The van der Waals surface area contributed by atoms with Crippen LogP contribution in [0.5, 0.6) is 0 Å². The van der Waals surface area contributed by atoms with Crippen LogP contribution in [0.25, 0.3) is 0 Å². The van der Waals surface area contributed by atoms with E-state index in [1.807, 2.05) is 6.08 Å². The van der Waals surface area contributed by atoms with Crippen molar-refractivity contribution in [2.75, 3.05) is 19.6 Å². The van der Waals surface area contributed by atoms with Gasteiger partial charge in [0.2, 0.25) is 0 Å². The first-order valence-electron chi connectivity index (χ1n) is 5.27. The zero-order chi connectivity index (χ0) is 10.4. The van der Waals surface area contributed by atoms with E-state index in [0.717, 1.165) is 38.9 Å². The fraction of sp³-hybridized carbons (Fsp3) is 0.727. The van der Waals surface area contributed by atoms with Gasteiger partial charge in [0.05, 0.1) is 0 Å². The van der Waals surface area contributed by atoms with Crippen molar-refractivity contribution in [1.29, 1.82) is 0 Å². The molecule has 0 aromatic carbocycles. The van der Waals surface area contributed by atoms with Crippen LogP contribution < -0.4 is 0 Å². The van der Waals surface area contributed by atoms with E-state index in [-0.39, 0.29) is 0 Å². The van der Waals surface area contributed by atoms with Gasteiger partial charge in [-0.1, -0.05) is 6.08 Å². The van der Waals surface area contributed by atoms with Gasteiger partial charge < -0.3 is 10.0 Å². The Morgan fingerprint density at radius 3 is 3.07 bits per heavy atom. The molecule has 80 valence electrons. The highest BCUT2D eigenvalue weighted by molar-refractivity contribution is 5.67. The van der Waals surface area contributed by atoms with Gasteiger partial charge in [-0.3, -0.25) is 4.79 Å². The zero-order valence-electron chi connectivity index (χ0n) is 8.61. The molecule has 0 amide bonds. The summed E-state index contributed by atoms with van der Waals surface area (Å²) in [4.78, 5) is 12.8. The summed E-state index contributed by atoms with van der Waals surface area (Å²) in [6.07, 6.45) is 5.51. The van der Waals surface area contributed by atoms with Crippen molar-refractivity contribution in [3.63, 3.8) is 0 Å². The molecule has 0 aromatic heterocycles. The number of carbonyl (C=O) groups is 1. The van der Waals surface area contributed by atoms with Crippen LogP contribution in [0.1, 0.15) is 25.7 Å². The van der Waals surface area contributed by atoms with Crippen LogP contribution in [0.15, 0.2) is 12.7 Å².